The first-order chi connectivity index (χ1) is 14.9. The van der Waals surface area contributed by atoms with E-state index in [-0.39, 0.29) is 24.5 Å². The maximum atomic E-state index is 13.1. The number of nitrogens with one attached hydrogen (secondary N) is 1. The van der Waals surface area contributed by atoms with Gasteiger partial charge in [0.15, 0.2) is 6.61 Å². The molecule has 7 nitrogen and oxygen atoms in total. The van der Waals surface area contributed by atoms with Crippen molar-refractivity contribution in [3.05, 3.63) is 54.1 Å². The van der Waals surface area contributed by atoms with Gasteiger partial charge in [-0.15, -0.1) is 0 Å². The van der Waals surface area contributed by atoms with Gasteiger partial charge in [-0.1, -0.05) is 37.3 Å². The molecule has 0 radical (unpaired) electrons. The van der Waals surface area contributed by atoms with Crippen molar-refractivity contribution in [3.63, 3.8) is 0 Å². The highest BCUT2D eigenvalue weighted by Gasteiger charge is 2.27. The van der Waals surface area contributed by atoms with Gasteiger partial charge >= 0.3 is 0 Å². The van der Waals surface area contributed by atoms with E-state index in [1.54, 1.807) is 39.3 Å². The van der Waals surface area contributed by atoms with Crippen LogP contribution in [0.25, 0.3) is 0 Å². The number of methoxy groups -OCH3 is 2. The van der Waals surface area contributed by atoms with Crippen molar-refractivity contribution in [3.8, 4) is 17.2 Å². The third kappa shape index (κ3) is 7.20. The van der Waals surface area contributed by atoms with E-state index in [1.807, 2.05) is 44.2 Å². The number of carbonyl (C=O) groups excluding carboxylic acids is 2. The highest BCUT2D eigenvalue weighted by Crippen LogP contribution is 2.27. The van der Waals surface area contributed by atoms with Gasteiger partial charge in [0.1, 0.15) is 23.3 Å². The van der Waals surface area contributed by atoms with Crippen molar-refractivity contribution >= 4 is 11.8 Å². The summed E-state index contributed by atoms with van der Waals surface area (Å²) in [6.45, 7) is 5.75. The molecule has 2 amide bonds. The van der Waals surface area contributed by atoms with Crippen molar-refractivity contribution in [2.75, 3.05) is 20.8 Å². The summed E-state index contributed by atoms with van der Waals surface area (Å²) in [5.74, 6) is 1.08. The van der Waals surface area contributed by atoms with E-state index < -0.39 is 6.04 Å². The van der Waals surface area contributed by atoms with Gasteiger partial charge in [-0.3, -0.25) is 9.59 Å². The Kier molecular flexibility index (Phi) is 9.18. The Morgan fingerprint density at radius 3 is 2.10 bits per heavy atom. The van der Waals surface area contributed by atoms with Gasteiger partial charge in [0.25, 0.3) is 5.91 Å². The second-order valence-electron chi connectivity index (χ2n) is 7.34. The van der Waals surface area contributed by atoms with Crippen LogP contribution in [0.1, 0.15) is 32.8 Å². The van der Waals surface area contributed by atoms with E-state index in [1.165, 1.54) is 4.90 Å². The van der Waals surface area contributed by atoms with Crippen LogP contribution in [0, 0.1) is 0 Å². The lowest BCUT2D eigenvalue weighted by Crippen LogP contribution is -2.50. The van der Waals surface area contributed by atoms with Gasteiger partial charge in [0.05, 0.1) is 14.2 Å². The predicted octanol–water partition coefficient (Wildman–Crippen LogP) is 3.41. The van der Waals surface area contributed by atoms with E-state index >= 15 is 0 Å². The van der Waals surface area contributed by atoms with Crippen LogP contribution in [0.15, 0.2) is 48.5 Å². The Morgan fingerprint density at radius 2 is 1.55 bits per heavy atom. The summed E-state index contributed by atoms with van der Waals surface area (Å²) in [5.41, 5.74) is 0.932. The molecule has 2 rings (SSSR count). The smallest absolute Gasteiger partial charge is 0.261 e. The first-order valence-corrected chi connectivity index (χ1v) is 10.4. The average molecular weight is 429 g/mol. The number of benzene rings is 2. The second kappa shape index (κ2) is 11.8. The Labute approximate surface area is 184 Å². The number of nitrogens with zero attached hydrogens (tertiary/aromatic N) is 1. The molecule has 0 unspecified atom stereocenters. The van der Waals surface area contributed by atoms with E-state index in [9.17, 15) is 9.59 Å². The van der Waals surface area contributed by atoms with Gasteiger partial charge < -0.3 is 24.4 Å². The van der Waals surface area contributed by atoms with Gasteiger partial charge in [-0.05, 0) is 25.8 Å². The second-order valence-corrected chi connectivity index (χ2v) is 7.34. The first-order valence-electron chi connectivity index (χ1n) is 10.4. The molecule has 0 saturated carbocycles. The summed E-state index contributed by atoms with van der Waals surface area (Å²) >= 11 is 0. The molecule has 0 aliphatic carbocycles. The maximum absolute atomic E-state index is 13.1. The van der Waals surface area contributed by atoms with Gasteiger partial charge in [0, 0.05) is 30.8 Å². The van der Waals surface area contributed by atoms with Crippen molar-refractivity contribution < 1.29 is 23.8 Å². The third-order valence-corrected chi connectivity index (χ3v) is 5.05. The molecule has 1 N–H and O–H groups in total. The summed E-state index contributed by atoms with van der Waals surface area (Å²) in [5, 5.41) is 2.95. The van der Waals surface area contributed by atoms with E-state index in [2.05, 4.69) is 5.32 Å². The normalized spacial score (nSPS) is 12.4. The highest BCUT2D eigenvalue weighted by atomic mass is 16.5. The number of amides is 2. The lowest BCUT2D eigenvalue weighted by molar-refractivity contribution is -0.142. The maximum Gasteiger partial charge on any atom is 0.261 e. The Balaban J connectivity index is 2.16. The molecule has 0 aliphatic rings. The zero-order valence-corrected chi connectivity index (χ0v) is 18.9. The topological polar surface area (TPSA) is 77.1 Å². The van der Waals surface area contributed by atoms with Crippen LogP contribution in [-0.2, 0) is 16.1 Å². The number of rotatable bonds is 11. The minimum Gasteiger partial charge on any atom is -0.496 e. The van der Waals surface area contributed by atoms with Crippen LogP contribution >= 0.6 is 0 Å². The van der Waals surface area contributed by atoms with Gasteiger partial charge in [-0.25, -0.2) is 0 Å². The molecule has 0 bridgehead atoms. The molecular weight excluding hydrogens is 396 g/mol. The quantitative estimate of drug-likeness (QED) is 0.594. The molecule has 2 aromatic rings. The molecule has 0 heterocycles. The average Bonchev–Trinajstić information content (AvgIpc) is 2.80. The monoisotopic (exact) mass is 428 g/mol. The van der Waals surface area contributed by atoms with Gasteiger partial charge in [-0.2, -0.15) is 0 Å². The Morgan fingerprint density at radius 1 is 0.968 bits per heavy atom. The SMILES string of the molecule is CC[C@H](C)NC(=O)[C@@H](C)N(Cc1ccccc1)C(=O)COc1cc(OC)cc(OC)c1. The van der Waals surface area contributed by atoms with Crippen molar-refractivity contribution in [1.29, 1.82) is 0 Å². The molecule has 0 aliphatic heterocycles. The van der Waals surface area contributed by atoms with Crippen LogP contribution in [0.4, 0.5) is 0 Å². The van der Waals surface area contributed by atoms with Crippen molar-refractivity contribution in [2.45, 2.75) is 45.8 Å². The fourth-order valence-corrected chi connectivity index (χ4v) is 2.92. The highest BCUT2D eigenvalue weighted by molar-refractivity contribution is 5.88. The largest absolute Gasteiger partial charge is 0.496 e. The molecule has 2 aromatic carbocycles. The summed E-state index contributed by atoms with van der Waals surface area (Å²) in [7, 11) is 3.09. The molecule has 168 valence electrons. The van der Waals surface area contributed by atoms with Gasteiger partial charge in [0.2, 0.25) is 5.91 Å². The molecule has 7 heteroatoms. The number of hydrogen-bond acceptors (Lipinski definition) is 5. The van der Waals surface area contributed by atoms with Crippen LogP contribution in [-0.4, -0.2) is 49.6 Å². The Bertz CT molecular complexity index is 834. The van der Waals surface area contributed by atoms with Crippen molar-refractivity contribution in [2.24, 2.45) is 0 Å². The van der Waals surface area contributed by atoms with Crippen molar-refractivity contribution in [1.82, 2.24) is 10.2 Å². The molecular formula is C24H32N2O5. The molecule has 31 heavy (non-hydrogen) atoms. The molecule has 0 spiro atoms. The third-order valence-electron chi connectivity index (χ3n) is 5.05. The predicted molar refractivity (Wildman–Crippen MR) is 119 cm³/mol. The fraction of sp³-hybridized carbons (Fsp3) is 0.417. The summed E-state index contributed by atoms with van der Waals surface area (Å²) in [4.78, 5) is 27.3. The fourth-order valence-electron chi connectivity index (χ4n) is 2.92. The summed E-state index contributed by atoms with van der Waals surface area (Å²) in [6.07, 6.45) is 0.811. The van der Waals surface area contributed by atoms with Crippen LogP contribution in [0.3, 0.4) is 0 Å². The lowest BCUT2D eigenvalue weighted by atomic mass is 10.1. The summed E-state index contributed by atoms with van der Waals surface area (Å²) in [6, 6.07) is 14.0. The van der Waals surface area contributed by atoms with E-state index in [4.69, 9.17) is 14.2 Å². The lowest BCUT2D eigenvalue weighted by Gasteiger charge is -2.29. The minimum atomic E-state index is -0.648. The van der Waals surface area contributed by atoms with Crippen LogP contribution < -0.4 is 19.5 Å². The van der Waals surface area contributed by atoms with Crippen LogP contribution in [0.2, 0.25) is 0 Å². The molecule has 0 fully saturated rings. The number of hydrogen-bond donors (Lipinski definition) is 1. The number of carbonyl (C=O) groups is 2. The van der Waals surface area contributed by atoms with E-state index in [0.717, 1.165) is 12.0 Å². The molecule has 2 atom stereocenters. The van der Waals surface area contributed by atoms with Crippen LogP contribution in [0.5, 0.6) is 17.2 Å². The molecule has 0 saturated heterocycles. The molecule has 0 aromatic heterocycles. The zero-order chi connectivity index (χ0) is 22.8. The van der Waals surface area contributed by atoms with E-state index in [0.29, 0.717) is 23.8 Å². The standard InChI is InChI=1S/C24H32N2O5/c1-6-17(2)25-24(28)18(3)26(15-19-10-8-7-9-11-19)23(27)16-31-22-13-20(29-4)12-21(14-22)30-5/h7-14,17-18H,6,15-16H2,1-5H3,(H,25,28)/t17-,18+/m0/s1. The zero-order valence-electron chi connectivity index (χ0n) is 18.9. The first kappa shape index (κ1) is 24.1. The minimum absolute atomic E-state index is 0.0316. The Hall–Kier alpha value is -3.22. The summed E-state index contributed by atoms with van der Waals surface area (Å²) < 4.78 is 16.2. The number of ether oxygens (including phenoxy) is 3.